The van der Waals surface area contributed by atoms with Gasteiger partial charge >= 0.3 is 0 Å². The molecular formula is C12H21N3. The summed E-state index contributed by atoms with van der Waals surface area (Å²) >= 11 is 0. The summed E-state index contributed by atoms with van der Waals surface area (Å²) in [5.74, 6) is 1.41. The van der Waals surface area contributed by atoms with Crippen LogP contribution in [-0.4, -0.2) is 22.9 Å². The molecule has 0 bridgehead atoms. The van der Waals surface area contributed by atoms with Crippen LogP contribution in [0.1, 0.15) is 37.1 Å². The molecular weight excluding hydrogens is 186 g/mol. The van der Waals surface area contributed by atoms with E-state index in [4.69, 9.17) is 0 Å². The van der Waals surface area contributed by atoms with Crippen LogP contribution < -0.4 is 5.32 Å². The summed E-state index contributed by atoms with van der Waals surface area (Å²) in [6, 6.07) is 2.24. The number of hydrogen-bond acceptors (Lipinski definition) is 2. The van der Waals surface area contributed by atoms with Crippen molar-refractivity contribution >= 4 is 0 Å². The van der Waals surface area contributed by atoms with Gasteiger partial charge in [0.25, 0.3) is 0 Å². The largest absolute Gasteiger partial charge is 0.316 e. The summed E-state index contributed by atoms with van der Waals surface area (Å²) in [4.78, 5) is 0. The fourth-order valence-corrected chi connectivity index (χ4v) is 2.52. The van der Waals surface area contributed by atoms with Crippen LogP contribution in [0.25, 0.3) is 0 Å². The maximum absolute atomic E-state index is 4.60. The SMILES string of the molecule is CCC[C@H]1CNC[C@H]1c1cc(C)n(C)n1. The lowest BCUT2D eigenvalue weighted by Crippen LogP contribution is -2.11. The highest BCUT2D eigenvalue weighted by molar-refractivity contribution is 5.16. The minimum absolute atomic E-state index is 0.629. The van der Waals surface area contributed by atoms with E-state index in [1.807, 2.05) is 11.7 Å². The molecule has 1 aromatic rings. The summed E-state index contributed by atoms with van der Waals surface area (Å²) in [6.45, 7) is 6.64. The third kappa shape index (κ3) is 2.07. The average molecular weight is 207 g/mol. The normalized spacial score (nSPS) is 26.1. The molecule has 0 aliphatic carbocycles. The molecule has 0 saturated carbocycles. The van der Waals surface area contributed by atoms with Gasteiger partial charge in [0.15, 0.2) is 0 Å². The van der Waals surface area contributed by atoms with Crippen LogP contribution in [-0.2, 0) is 7.05 Å². The smallest absolute Gasteiger partial charge is 0.0674 e. The van der Waals surface area contributed by atoms with E-state index >= 15 is 0 Å². The molecule has 0 amide bonds. The van der Waals surface area contributed by atoms with Crippen molar-refractivity contribution in [1.29, 1.82) is 0 Å². The fourth-order valence-electron chi connectivity index (χ4n) is 2.52. The van der Waals surface area contributed by atoms with Gasteiger partial charge in [0.2, 0.25) is 0 Å². The molecule has 0 aromatic carbocycles. The molecule has 0 spiro atoms. The zero-order valence-electron chi connectivity index (χ0n) is 9.95. The van der Waals surface area contributed by atoms with Crippen LogP contribution in [0.4, 0.5) is 0 Å². The minimum Gasteiger partial charge on any atom is -0.316 e. The fraction of sp³-hybridized carbons (Fsp3) is 0.750. The predicted molar refractivity (Wildman–Crippen MR) is 62.0 cm³/mol. The van der Waals surface area contributed by atoms with E-state index in [1.165, 1.54) is 24.2 Å². The molecule has 3 nitrogen and oxygen atoms in total. The van der Waals surface area contributed by atoms with Crippen LogP contribution in [0.15, 0.2) is 6.07 Å². The van der Waals surface area contributed by atoms with Crippen molar-refractivity contribution < 1.29 is 0 Å². The molecule has 1 aliphatic heterocycles. The van der Waals surface area contributed by atoms with Gasteiger partial charge in [-0.25, -0.2) is 0 Å². The van der Waals surface area contributed by atoms with Crippen LogP contribution in [0.3, 0.4) is 0 Å². The molecule has 0 unspecified atom stereocenters. The number of aromatic nitrogens is 2. The van der Waals surface area contributed by atoms with Gasteiger partial charge in [-0.1, -0.05) is 13.3 Å². The van der Waals surface area contributed by atoms with Crippen LogP contribution >= 0.6 is 0 Å². The Morgan fingerprint density at radius 1 is 1.53 bits per heavy atom. The average Bonchev–Trinajstić information content (AvgIpc) is 2.76. The first-order valence-electron chi connectivity index (χ1n) is 5.93. The van der Waals surface area contributed by atoms with Crippen molar-refractivity contribution in [3.05, 3.63) is 17.5 Å². The van der Waals surface area contributed by atoms with E-state index in [0.717, 1.165) is 19.0 Å². The molecule has 2 heterocycles. The molecule has 1 N–H and O–H groups in total. The number of aryl methyl sites for hydroxylation is 2. The molecule has 1 aliphatic rings. The Hall–Kier alpha value is -0.830. The Balaban J connectivity index is 2.15. The van der Waals surface area contributed by atoms with Crippen LogP contribution in [0.2, 0.25) is 0 Å². The maximum atomic E-state index is 4.60. The Morgan fingerprint density at radius 3 is 2.93 bits per heavy atom. The molecule has 1 aromatic heterocycles. The third-order valence-electron chi connectivity index (χ3n) is 3.51. The lowest BCUT2D eigenvalue weighted by Gasteiger charge is -2.15. The van der Waals surface area contributed by atoms with E-state index in [9.17, 15) is 0 Å². The molecule has 15 heavy (non-hydrogen) atoms. The Labute approximate surface area is 91.9 Å². The molecule has 3 heteroatoms. The summed E-state index contributed by atoms with van der Waals surface area (Å²) < 4.78 is 1.98. The number of nitrogens with one attached hydrogen (secondary N) is 1. The predicted octanol–water partition coefficient (Wildman–Crippen LogP) is 1.83. The zero-order chi connectivity index (χ0) is 10.8. The molecule has 2 atom stereocenters. The van der Waals surface area contributed by atoms with E-state index in [2.05, 4.69) is 30.3 Å². The summed E-state index contributed by atoms with van der Waals surface area (Å²) in [5, 5.41) is 8.09. The van der Waals surface area contributed by atoms with Gasteiger partial charge in [0, 0.05) is 25.2 Å². The van der Waals surface area contributed by atoms with Gasteiger partial charge in [0.1, 0.15) is 0 Å². The van der Waals surface area contributed by atoms with Gasteiger partial charge in [-0.05, 0) is 31.9 Å². The zero-order valence-corrected chi connectivity index (χ0v) is 9.95. The summed E-state index contributed by atoms with van der Waals surface area (Å²) in [7, 11) is 2.02. The highest BCUT2D eigenvalue weighted by Crippen LogP contribution is 2.30. The van der Waals surface area contributed by atoms with Gasteiger partial charge in [0.05, 0.1) is 5.69 Å². The molecule has 0 radical (unpaired) electrons. The molecule has 1 fully saturated rings. The lowest BCUT2D eigenvalue weighted by atomic mass is 9.89. The highest BCUT2D eigenvalue weighted by Gasteiger charge is 2.29. The Kier molecular flexibility index (Phi) is 3.10. The number of nitrogens with zero attached hydrogens (tertiary/aromatic N) is 2. The second-order valence-electron chi connectivity index (χ2n) is 4.65. The Morgan fingerprint density at radius 2 is 2.33 bits per heavy atom. The topological polar surface area (TPSA) is 29.9 Å². The summed E-state index contributed by atoms with van der Waals surface area (Å²) in [6.07, 6.45) is 2.59. The van der Waals surface area contributed by atoms with Crippen molar-refractivity contribution in [2.45, 2.75) is 32.6 Å². The second-order valence-corrected chi connectivity index (χ2v) is 4.65. The first kappa shape index (κ1) is 10.7. The maximum Gasteiger partial charge on any atom is 0.0674 e. The molecule has 1 saturated heterocycles. The van der Waals surface area contributed by atoms with Crippen molar-refractivity contribution in [2.24, 2.45) is 13.0 Å². The standard InChI is InChI=1S/C12H21N3/c1-4-5-10-7-13-8-11(10)12-6-9(2)15(3)14-12/h6,10-11,13H,4-5,7-8H2,1-3H3/t10-,11+/m0/s1. The van der Waals surface area contributed by atoms with Crippen molar-refractivity contribution in [2.75, 3.05) is 13.1 Å². The van der Waals surface area contributed by atoms with Crippen LogP contribution in [0.5, 0.6) is 0 Å². The lowest BCUT2D eigenvalue weighted by molar-refractivity contribution is 0.463. The van der Waals surface area contributed by atoms with Gasteiger partial charge in [-0.2, -0.15) is 5.10 Å². The van der Waals surface area contributed by atoms with Crippen LogP contribution in [0, 0.1) is 12.8 Å². The van der Waals surface area contributed by atoms with E-state index < -0.39 is 0 Å². The van der Waals surface area contributed by atoms with Crippen molar-refractivity contribution in [3.8, 4) is 0 Å². The third-order valence-corrected chi connectivity index (χ3v) is 3.51. The molecule has 84 valence electrons. The Bertz CT molecular complexity index is 310. The van der Waals surface area contributed by atoms with Gasteiger partial charge < -0.3 is 5.32 Å². The number of hydrogen-bond donors (Lipinski definition) is 1. The first-order chi connectivity index (χ1) is 7.22. The number of rotatable bonds is 3. The minimum atomic E-state index is 0.629. The molecule has 2 rings (SSSR count). The van der Waals surface area contributed by atoms with E-state index in [-0.39, 0.29) is 0 Å². The quantitative estimate of drug-likeness (QED) is 0.819. The van der Waals surface area contributed by atoms with Gasteiger partial charge in [-0.3, -0.25) is 4.68 Å². The van der Waals surface area contributed by atoms with E-state index in [1.54, 1.807) is 0 Å². The van der Waals surface area contributed by atoms with Gasteiger partial charge in [-0.15, -0.1) is 0 Å². The van der Waals surface area contributed by atoms with Crippen molar-refractivity contribution in [1.82, 2.24) is 15.1 Å². The monoisotopic (exact) mass is 207 g/mol. The summed E-state index contributed by atoms with van der Waals surface area (Å²) in [5.41, 5.74) is 2.53. The second kappa shape index (κ2) is 4.35. The first-order valence-corrected chi connectivity index (χ1v) is 5.93. The highest BCUT2D eigenvalue weighted by atomic mass is 15.3. The van der Waals surface area contributed by atoms with E-state index in [0.29, 0.717) is 5.92 Å². The van der Waals surface area contributed by atoms with Crippen molar-refractivity contribution in [3.63, 3.8) is 0 Å².